The Hall–Kier alpha value is -0.610. The molecule has 16 heavy (non-hydrogen) atoms. The van der Waals surface area contributed by atoms with Gasteiger partial charge in [0, 0.05) is 32.2 Å². The van der Waals surface area contributed by atoms with Crippen molar-refractivity contribution in [3.05, 3.63) is 0 Å². The molecule has 0 aromatic rings. The summed E-state index contributed by atoms with van der Waals surface area (Å²) in [5, 5.41) is 6.22. The molecule has 1 amide bonds. The minimum absolute atomic E-state index is 0.00949. The second-order valence-electron chi connectivity index (χ2n) is 4.49. The highest BCUT2D eigenvalue weighted by molar-refractivity contribution is 5.82. The summed E-state index contributed by atoms with van der Waals surface area (Å²) in [7, 11) is 0. The van der Waals surface area contributed by atoms with Crippen LogP contribution in [-0.4, -0.2) is 49.1 Å². The number of rotatable bonds is 5. The first-order chi connectivity index (χ1) is 7.70. The Morgan fingerprint density at radius 1 is 1.56 bits per heavy atom. The van der Waals surface area contributed by atoms with Gasteiger partial charge in [0.05, 0.1) is 0 Å². The number of amides is 1. The first-order valence-corrected chi connectivity index (χ1v) is 6.44. The molecular formula is C12H25N3O. The minimum Gasteiger partial charge on any atom is -0.355 e. The Morgan fingerprint density at radius 3 is 2.94 bits per heavy atom. The Morgan fingerprint density at radius 2 is 2.31 bits per heavy atom. The summed E-state index contributed by atoms with van der Waals surface area (Å²) in [6.45, 7) is 9.84. The first-order valence-electron chi connectivity index (χ1n) is 6.44. The fourth-order valence-electron chi connectivity index (χ4n) is 2.37. The molecule has 1 saturated heterocycles. The Labute approximate surface area is 98.8 Å². The zero-order valence-corrected chi connectivity index (χ0v) is 10.8. The smallest absolute Gasteiger partial charge is 0.238 e. The second-order valence-corrected chi connectivity index (χ2v) is 4.49. The number of piperazine rings is 1. The van der Waals surface area contributed by atoms with E-state index in [1.165, 1.54) is 6.42 Å². The van der Waals surface area contributed by atoms with Crippen molar-refractivity contribution in [1.29, 1.82) is 0 Å². The number of carbonyl (C=O) groups excluding carboxylic acids is 1. The second kappa shape index (κ2) is 6.86. The van der Waals surface area contributed by atoms with E-state index < -0.39 is 0 Å². The first kappa shape index (κ1) is 13.5. The number of likely N-dealkylation sites (N-methyl/N-ethyl adjacent to an activating group) is 1. The van der Waals surface area contributed by atoms with Crippen molar-refractivity contribution in [1.82, 2.24) is 15.5 Å². The lowest BCUT2D eigenvalue weighted by atomic mass is 10.1. The van der Waals surface area contributed by atoms with Gasteiger partial charge in [0.2, 0.25) is 5.91 Å². The zero-order chi connectivity index (χ0) is 12.0. The van der Waals surface area contributed by atoms with Crippen LogP contribution in [-0.2, 0) is 4.79 Å². The normalized spacial score (nSPS) is 24.1. The molecule has 0 saturated carbocycles. The molecule has 2 N–H and O–H groups in total. The topological polar surface area (TPSA) is 44.4 Å². The van der Waals surface area contributed by atoms with Crippen molar-refractivity contribution >= 4 is 5.91 Å². The molecule has 94 valence electrons. The van der Waals surface area contributed by atoms with E-state index in [0.717, 1.165) is 26.1 Å². The summed E-state index contributed by atoms with van der Waals surface area (Å²) in [6.07, 6.45) is 2.34. The van der Waals surface area contributed by atoms with Crippen LogP contribution >= 0.6 is 0 Å². The minimum atomic E-state index is 0.00949. The van der Waals surface area contributed by atoms with Gasteiger partial charge in [-0.3, -0.25) is 9.69 Å². The fourth-order valence-corrected chi connectivity index (χ4v) is 2.37. The van der Waals surface area contributed by atoms with Gasteiger partial charge in [-0.1, -0.05) is 13.3 Å². The summed E-state index contributed by atoms with van der Waals surface area (Å²) in [5.41, 5.74) is 0. The molecule has 4 heteroatoms. The molecule has 4 nitrogen and oxygen atoms in total. The Bertz CT molecular complexity index is 220. The van der Waals surface area contributed by atoms with Crippen LogP contribution in [0.5, 0.6) is 0 Å². The van der Waals surface area contributed by atoms with E-state index in [4.69, 9.17) is 0 Å². The van der Waals surface area contributed by atoms with Crippen LogP contribution in [0.2, 0.25) is 0 Å². The standard InChI is InChI=1S/C12H25N3O/c1-4-6-10(3)15-8-7-13-9-11(15)12(16)14-5-2/h10-11,13H,4-9H2,1-3H3,(H,14,16). The van der Waals surface area contributed by atoms with Gasteiger partial charge in [-0.15, -0.1) is 0 Å². The number of carbonyl (C=O) groups is 1. The predicted octanol–water partition coefficient (Wildman–Crippen LogP) is 0.585. The third-order valence-corrected chi connectivity index (χ3v) is 3.21. The highest BCUT2D eigenvalue weighted by Gasteiger charge is 2.30. The zero-order valence-electron chi connectivity index (χ0n) is 10.8. The van der Waals surface area contributed by atoms with Gasteiger partial charge in [-0.05, 0) is 20.3 Å². The maximum absolute atomic E-state index is 11.9. The molecule has 0 aromatic carbocycles. The average molecular weight is 227 g/mol. The number of hydrogen-bond donors (Lipinski definition) is 2. The number of hydrogen-bond acceptors (Lipinski definition) is 3. The van der Waals surface area contributed by atoms with Crippen LogP contribution in [0.1, 0.15) is 33.6 Å². The molecule has 2 unspecified atom stereocenters. The van der Waals surface area contributed by atoms with Crippen LogP contribution in [0.25, 0.3) is 0 Å². The van der Waals surface area contributed by atoms with E-state index in [-0.39, 0.29) is 11.9 Å². The molecule has 2 atom stereocenters. The summed E-state index contributed by atoms with van der Waals surface area (Å²) in [6, 6.07) is 0.509. The molecule has 1 aliphatic rings. The molecule has 1 fully saturated rings. The molecule has 1 rings (SSSR count). The monoisotopic (exact) mass is 227 g/mol. The van der Waals surface area contributed by atoms with E-state index >= 15 is 0 Å². The van der Waals surface area contributed by atoms with Gasteiger partial charge in [0.1, 0.15) is 6.04 Å². The van der Waals surface area contributed by atoms with E-state index in [0.29, 0.717) is 12.6 Å². The summed E-state index contributed by atoms with van der Waals surface area (Å²) in [4.78, 5) is 14.3. The summed E-state index contributed by atoms with van der Waals surface area (Å²) < 4.78 is 0. The molecule has 0 spiro atoms. The number of nitrogens with one attached hydrogen (secondary N) is 2. The molecule has 1 aliphatic heterocycles. The molecule has 0 aliphatic carbocycles. The van der Waals surface area contributed by atoms with E-state index in [9.17, 15) is 4.79 Å². The van der Waals surface area contributed by atoms with Crippen LogP contribution in [0.4, 0.5) is 0 Å². The van der Waals surface area contributed by atoms with Gasteiger partial charge in [-0.25, -0.2) is 0 Å². The lowest BCUT2D eigenvalue weighted by Gasteiger charge is -2.39. The number of nitrogens with zero attached hydrogens (tertiary/aromatic N) is 1. The Balaban J connectivity index is 2.59. The third kappa shape index (κ3) is 3.46. The molecule has 0 radical (unpaired) electrons. The van der Waals surface area contributed by atoms with Gasteiger partial charge in [0.15, 0.2) is 0 Å². The van der Waals surface area contributed by atoms with Crippen LogP contribution in [0.3, 0.4) is 0 Å². The predicted molar refractivity (Wildman–Crippen MR) is 66.4 cm³/mol. The van der Waals surface area contributed by atoms with Crippen molar-refractivity contribution in [2.75, 3.05) is 26.2 Å². The van der Waals surface area contributed by atoms with Gasteiger partial charge in [0.25, 0.3) is 0 Å². The van der Waals surface area contributed by atoms with E-state index in [2.05, 4.69) is 29.4 Å². The lowest BCUT2D eigenvalue weighted by molar-refractivity contribution is -0.128. The highest BCUT2D eigenvalue weighted by atomic mass is 16.2. The maximum atomic E-state index is 11.9. The highest BCUT2D eigenvalue weighted by Crippen LogP contribution is 2.12. The lowest BCUT2D eigenvalue weighted by Crippen LogP contribution is -2.60. The van der Waals surface area contributed by atoms with Crippen LogP contribution in [0, 0.1) is 0 Å². The van der Waals surface area contributed by atoms with Crippen LogP contribution in [0.15, 0.2) is 0 Å². The molecule has 1 heterocycles. The fraction of sp³-hybridized carbons (Fsp3) is 0.917. The molecular weight excluding hydrogens is 202 g/mol. The summed E-state index contributed by atoms with van der Waals surface area (Å²) >= 11 is 0. The largest absolute Gasteiger partial charge is 0.355 e. The van der Waals surface area contributed by atoms with Gasteiger partial charge < -0.3 is 10.6 Å². The molecule has 0 aromatic heterocycles. The SMILES string of the molecule is CCCC(C)N1CCNCC1C(=O)NCC. The van der Waals surface area contributed by atoms with Crippen molar-refractivity contribution in [2.24, 2.45) is 0 Å². The third-order valence-electron chi connectivity index (χ3n) is 3.21. The van der Waals surface area contributed by atoms with Crippen molar-refractivity contribution in [2.45, 2.75) is 45.7 Å². The maximum Gasteiger partial charge on any atom is 0.238 e. The van der Waals surface area contributed by atoms with Crippen molar-refractivity contribution in [3.8, 4) is 0 Å². The van der Waals surface area contributed by atoms with Gasteiger partial charge >= 0.3 is 0 Å². The van der Waals surface area contributed by atoms with Gasteiger partial charge in [-0.2, -0.15) is 0 Å². The van der Waals surface area contributed by atoms with E-state index in [1.807, 2.05) is 6.92 Å². The van der Waals surface area contributed by atoms with Crippen molar-refractivity contribution < 1.29 is 4.79 Å². The molecule has 0 bridgehead atoms. The quantitative estimate of drug-likeness (QED) is 0.722. The van der Waals surface area contributed by atoms with Crippen molar-refractivity contribution in [3.63, 3.8) is 0 Å². The summed E-state index contributed by atoms with van der Waals surface area (Å²) in [5.74, 6) is 0.164. The average Bonchev–Trinajstić information content (AvgIpc) is 2.30. The Kier molecular flexibility index (Phi) is 5.77. The van der Waals surface area contributed by atoms with Crippen LogP contribution < -0.4 is 10.6 Å². The van der Waals surface area contributed by atoms with E-state index in [1.54, 1.807) is 0 Å².